The number of piperazine rings is 1. The Balaban J connectivity index is 1.41. The number of hydrogen-bond acceptors (Lipinski definition) is 5. The molecule has 3 heterocycles. The molecule has 0 spiro atoms. The average molecular weight is 431 g/mol. The van der Waals surface area contributed by atoms with Crippen LogP contribution in [0.25, 0.3) is 5.82 Å². The highest BCUT2D eigenvalue weighted by molar-refractivity contribution is 5.89. The van der Waals surface area contributed by atoms with Crippen molar-refractivity contribution in [3.63, 3.8) is 0 Å². The molecule has 1 N–H and O–H groups in total. The van der Waals surface area contributed by atoms with Gasteiger partial charge in [0.2, 0.25) is 0 Å². The molecule has 0 saturated carbocycles. The number of nitrogens with one attached hydrogen (secondary N) is 1. The molecule has 8 nitrogen and oxygen atoms in total. The van der Waals surface area contributed by atoms with Crippen molar-refractivity contribution in [3.8, 4) is 5.82 Å². The summed E-state index contributed by atoms with van der Waals surface area (Å²) in [6, 6.07) is 3.02. The van der Waals surface area contributed by atoms with Crippen molar-refractivity contribution in [3.05, 3.63) is 59.7 Å². The summed E-state index contributed by atoms with van der Waals surface area (Å²) < 4.78 is 42.1. The number of rotatable bonds is 3. The molecule has 1 fully saturated rings. The first-order valence-electron chi connectivity index (χ1n) is 9.62. The maximum absolute atomic E-state index is 13.8. The lowest BCUT2D eigenvalue weighted by atomic mass is 10.2. The third-order valence-corrected chi connectivity index (χ3v) is 5.30. The Bertz CT molecular complexity index is 1130. The van der Waals surface area contributed by atoms with E-state index in [1.165, 1.54) is 11.2 Å². The zero-order valence-electron chi connectivity index (χ0n) is 16.9. The summed E-state index contributed by atoms with van der Waals surface area (Å²) >= 11 is 0. The molecule has 3 aromatic rings. The van der Waals surface area contributed by atoms with Crippen LogP contribution in [0.2, 0.25) is 0 Å². The number of benzene rings is 1. The molecule has 2 aromatic heterocycles. The van der Waals surface area contributed by atoms with Gasteiger partial charge >= 0.3 is 6.03 Å². The molecule has 1 aliphatic heterocycles. The van der Waals surface area contributed by atoms with E-state index in [0.717, 1.165) is 23.5 Å². The lowest BCUT2D eigenvalue weighted by Gasteiger charge is -2.35. The predicted octanol–water partition coefficient (Wildman–Crippen LogP) is 3.05. The minimum atomic E-state index is -1.62. The Labute approximate surface area is 176 Å². The molecule has 1 aliphatic rings. The second kappa shape index (κ2) is 8.25. The molecule has 162 valence electrons. The molecule has 0 aliphatic carbocycles. The molecule has 31 heavy (non-hydrogen) atoms. The number of carbonyl (C=O) groups excluding carboxylic acids is 1. The van der Waals surface area contributed by atoms with Crippen LogP contribution in [0.3, 0.4) is 0 Å². The lowest BCUT2D eigenvalue weighted by Crippen LogP contribution is -2.50. The first-order valence-corrected chi connectivity index (χ1v) is 9.62. The van der Waals surface area contributed by atoms with Crippen LogP contribution in [-0.2, 0) is 0 Å². The number of urea groups is 1. The molecule has 0 unspecified atom stereocenters. The number of anilines is 2. The van der Waals surface area contributed by atoms with Gasteiger partial charge in [-0.25, -0.2) is 32.9 Å². The third kappa shape index (κ3) is 4.03. The molecule has 2 amide bonds. The van der Waals surface area contributed by atoms with Gasteiger partial charge in [0.15, 0.2) is 17.5 Å². The summed E-state index contributed by atoms with van der Waals surface area (Å²) in [5, 5.41) is 2.29. The van der Waals surface area contributed by atoms with Crippen LogP contribution in [0.4, 0.5) is 29.5 Å². The van der Waals surface area contributed by atoms with E-state index in [0.29, 0.717) is 37.8 Å². The Morgan fingerprint density at radius 2 is 1.68 bits per heavy atom. The van der Waals surface area contributed by atoms with Crippen molar-refractivity contribution in [2.24, 2.45) is 0 Å². The van der Waals surface area contributed by atoms with E-state index in [2.05, 4.69) is 20.3 Å². The van der Waals surface area contributed by atoms with Crippen LogP contribution in [-0.4, -0.2) is 56.6 Å². The smallest absolute Gasteiger partial charge is 0.322 e. The molecule has 1 aromatic carbocycles. The van der Waals surface area contributed by atoms with E-state index >= 15 is 0 Å². The van der Waals surface area contributed by atoms with E-state index in [1.807, 2.05) is 29.4 Å². The second-order valence-electron chi connectivity index (χ2n) is 7.15. The maximum Gasteiger partial charge on any atom is 0.322 e. The van der Waals surface area contributed by atoms with Crippen molar-refractivity contribution in [1.82, 2.24) is 24.4 Å². The van der Waals surface area contributed by atoms with Gasteiger partial charge in [0.25, 0.3) is 0 Å². The maximum atomic E-state index is 13.8. The van der Waals surface area contributed by atoms with Gasteiger partial charge in [-0.2, -0.15) is 0 Å². The van der Waals surface area contributed by atoms with Gasteiger partial charge < -0.3 is 15.1 Å². The normalized spacial score (nSPS) is 14.1. The fourth-order valence-corrected chi connectivity index (χ4v) is 3.33. The van der Waals surface area contributed by atoms with Crippen LogP contribution >= 0.6 is 0 Å². The van der Waals surface area contributed by atoms with E-state index in [9.17, 15) is 18.0 Å². The monoisotopic (exact) mass is 431 g/mol. The number of carbonyl (C=O) groups is 1. The summed E-state index contributed by atoms with van der Waals surface area (Å²) in [6.07, 6.45) is 3.18. The summed E-state index contributed by atoms with van der Waals surface area (Å²) in [5.74, 6) is -2.95. The lowest BCUT2D eigenvalue weighted by molar-refractivity contribution is 0.208. The van der Waals surface area contributed by atoms with Crippen molar-refractivity contribution < 1.29 is 18.0 Å². The minimum absolute atomic E-state index is 0.347. The largest absolute Gasteiger partial charge is 0.353 e. The molecule has 0 bridgehead atoms. The first-order chi connectivity index (χ1) is 14.8. The Hall–Kier alpha value is -3.63. The Morgan fingerprint density at radius 3 is 2.35 bits per heavy atom. The van der Waals surface area contributed by atoms with Crippen molar-refractivity contribution >= 4 is 17.5 Å². The highest BCUT2D eigenvalue weighted by Crippen LogP contribution is 2.21. The summed E-state index contributed by atoms with van der Waals surface area (Å²) in [4.78, 5) is 28.8. The average Bonchev–Trinajstić information content (AvgIpc) is 3.12. The highest BCUT2D eigenvalue weighted by Gasteiger charge is 2.24. The summed E-state index contributed by atoms with van der Waals surface area (Å²) in [6.45, 7) is 5.55. The van der Waals surface area contributed by atoms with Gasteiger partial charge in [-0.05, 0) is 26.0 Å². The Kier molecular flexibility index (Phi) is 5.49. The van der Waals surface area contributed by atoms with Gasteiger partial charge in [-0.3, -0.25) is 4.57 Å². The first kappa shape index (κ1) is 20.6. The summed E-state index contributed by atoms with van der Waals surface area (Å²) in [5.41, 5.74) is 1.49. The van der Waals surface area contributed by atoms with Crippen molar-refractivity contribution in [2.45, 2.75) is 13.8 Å². The van der Waals surface area contributed by atoms with Gasteiger partial charge in [0.1, 0.15) is 24.3 Å². The fourth-order valence-electron chi connectivity index (χ4n) is 3.33. The third-order valence-electron chi connectivity index (χ3n) is 5.30. The molecule has 0 atom stereocenters. The number of halogens is 3. The number of imidazole rings is 1. The number of nitrogens with zero attached hydrogens (tertiary/aromatic N) is 6. The van der Waals surface area contributed by atoms with Crippen LogP contribution in [0.15, 0.2) is 30.9 Å². The van der Waals surface area contributed by atoms with Gasteiger partial charge in [0.05, 0.1) is 11.4 Å². The van der Waals surface area contributed by atoms with E-state index in [-0.39, 0.29) is 0 Å². The van der Waals surface area contributed by atoms with E-state index in [1.54, 1.807) is 6.33 Å². The molecular weight excluding hydrogens is 411 g/mol. The highest BCUT2D eigenvalue weighted by atomic mass is 19.2. The zero-order chi connectivity index (χ0) is 22.1. The van der Waals surface area contributed by atoms with Gasteiger partial charge in [-0.15, -0.1) is 0 Å². The predicted molar refractivity (Wildman–Crippen MR) is 108 cm³/mol. The van der Waals surface area contributed by atoms with E-state index in [4.69, 9.17) is 0 Å². The number of aromatic nitrogens is 4. The molecule has 1 saturated heterocycles. The van der Waals surface area contributed by atoms with Crippen LogP contribution < -0.4 is 10.2 Å². The van der Waals surface area contributed by atoms with Crippen LogP contribution in [0.1, 0.15) is 11.4 Å². The standard InChI is InChI=1S/C20H20F3N7O/c1-12-13(2)30(11-26-12)17-9-16(24-10-25-17)28-5-7-29(8-6-28)20(31)27-15-4-3-14(21)18(22)19(15)23/h3-4,9-11H,5-8H2,1-2H3,(H,27,31). The van der Waals surface area contributed by atoms with Gasteiger partial charge in [0, 0.05) is 37.9 Å². The number of aryl methyl sites for hydroxylation is 1. The fraction of sp³-hybridized carbons (Fsp3) is 0.300. The van der Waals surface area contributed by atoms with Crippen LogP contribution in [0.5, 0.6) is 0 Å². The van der Waals surface area contributed by atoms with Crippen molar-refractivity contribution in [1.29, 1.82) is 0 Å². The Morgan fingerprint density at radius 1 is 0.968 bits per heavy atom. The molecule has 4 rings (SSSR count). The topological polar surface area (TPSA) is 79.2 Å². The molecular formula is C20H20F3N7O. The van der Waals surface area contributed by atoms with E-state index < -0.39 is 29.2 Å². The second-order valence-corrected chi connectivity index (χ2v) is 7.15. The van der Waals surface area contributed by atoms with Gasteiger partial charge in [-0.1, -0.05) is 0 Å². The number of amides is 2. The SMILES string of the molecule is Cc1ncn(-c2cc(N3CCN(C(=O)Nc4ccc(F)c(F)c4F)CC3)ncn2)c1C. The summed E-state index contributed by atoms with van der Waals surface area (Å²) in [7, 11) is 0. The minimum Gasteiger partial charge on any atom is -0.353 e. The quantitative estimate of drug-likeness (QED) is 0.645. The van der Waals surface area contributed by atoms with Crippen molar-refractivity contribution in [2.75, 3.05) is 36.4 Å². The number of hydrogen-bond donors (Lipinski definition) is 1. The molecule has 0 radical (unpaired) electrons. The zero-order valence-corrected chi connectivity index (χ0v) is 16.9. The molecule has 11 heteroatoms. The van der Waals surface area contributed by atoms with Crippen LogP contribution in [0, 0.1) is 31.3 Å².